The summed E-state index contributed by atoms with van der Waals surface area (Å²) in [7, 11) is 0. The number of carboxylic acids is 1. The fourth-order valence-electron chi connectivity index (χ4n) is 2.99. The lowest BCUT2D eigenvalue weighted by Crippen LogP contribution is -2.38. The maximum atomic E-state index is 11.2. The average molecular weight is 247 g/mol. The monoisotopic (exact) mass is 247 g/mol. The first-order chi connectivity index (χ1) is 8.75. The van der Waals surface area contributed by atoms with Gasteiger partial charge in [0.2, 0.25) is 0 Å². The Hall–Kier alpha value is -1.55. The van der Waals surface area contributed by atoms with Crippen LogP contribution in [0.25, 0.3) is 0 Å². The molecule has 2 unspecified atom stereocenters. The SMILES string of the molecule is O=C(O)C1CCCN1CC1COc2ccccc21. The third kappa shape index (κ3) is 1.97. The fourth-order valence-corrected chi connectivity index (χ4v) is 2.99. The molecular weight excluding hydrogens is 230 g/mol. The van der Waals surface area contributed by atoms with Gasteiger partial charge in [-0.3, -0.25) is 9.69 Å². The molecular formula is C14H17NO3. The number of ether oxygens (including phenoxy) is 1. The summed E-state index contributed by atoms with van der Waals surface area (Å²) in [6.07, 6.45) is 1.75. The van der Waals surface area contributed by atoms with Crippen LogP contribution in [0.3, 0.4) is 0 Å². The maximum Gasteiger partial charge on any atom is 0.320 e. The zero-order valence-electron chi connectivity index (χ0n) is 10.2. The van der Waals surface area contributed by atoms with Crippen molar-refractivity contribution in [1.82, 2.24) is 4.90 Å². The Morgan fingerprint density at radius 2 is 2.28 bits per heavy atom. The Bertz CT molecular complexity index is 460. The molecule has 0 radical (unpaired) electrons. The van der Waals surface area contributed by atoms with E-state index in [1.54, 1.807) is 0 Å². The molecule has 0 aliphatic carbocycles. The highest BCUT2D eigenvalue weighted by molar-refractivity contribution is 5.73. The highest BCUT2D eigenvalue weighted by atomic mass is 16.5. The molecule has 0 saturated carbocycles. The lowest BCUT2D eigenvalue weighted by molar-refractivity contribution is -0.142. The van der Waals surface area contributed by atoms with Crippen LogP contribution in [0.1, 0.15) is 24.3 Å². The number of nitrogens with zero attached hydrogens (tertiary/aromatic N) is 1. The molecule has 18 heavy (non-hydrogen) atoms. The van der Waals surface area contributed by atoms with E-state index in [9.17, 15) is 9.90 Å². The molecule has 0 spiro atoms. The van der Waals surface area contributed by atoms with Crippen molar-refractivity contribution in [3.05, 3.63) is 29.8 Å². The summed E-state index contributed by atoms with van der Waals surface area (Å²) in [5.41, 5.74) is 1.22. The van der Waals surface area contributed by atoms with Crippen molar-refractivity contribution in [3.8, 4) is 5.75 Å². The van der Waals surface area contributed by atoms with Crippen molar-refractivity contribution in [3.63, 3.8) is 0 Å². The summed E-state index contributed by atoms with van der Waals surface area (Å²) in [6, 6.07) is 7.74. The smallest absolute Gasteiger partial charge is 0.320 e. The van der Waals surface area contributed by atoms with Gasteiger partial charge in [-0.25, -0.2) is 0 Å². The van der Waals surface area contributed by atoms with Crippen LogP contribution in [0.4, 0.5) is 0 Å². The van der Waals surface area contributed by atoms with Crippen molar-refractivity contribution in [2.24, 2.45) is 0 Å². The van der Waals surface area contributed by atoms with Gasteiger partial charge in [0.15, 0.2) is 0 Å². The molecule has 1 N–H and O–H groups in total. The van der Waals surface area contributed by atoms with Crippen molar-refractivity contribution >= 4 is 5.97 Å². The van der Waals surface area contributed by atoms with E-state index in [4.69, 9.17) is 4.74 Å². The molecule has 1 aromatic carbocycles. The number of rotatable bonds is 3. The molecule has 4 nitrogen and oxygen atoms in total. The molecule has 96 valence electrons. The number of hydrogen-bond donors (Lipinski definition) is 1. The topological polar surface area (TPSA) is 49.8 Å². The average Bonchev–Trinajstić information content (AvgIpc) is 2.97. The highest BCUT2D eigenvalue weighted by Crippen LogP contribution is 2.35. The van der Waals surface area contributed by atoms with Crippen molar-refractivity contribution < 1.29 is 14.6 Å². The fraction of sp³-hybridized carbons (Fsp3) is 0.500. The quantitative estimate of drug-likeness (QED) is 0.883. The standard InChI is InChI=1S/C14H17NO3/c16-14(17)12-5-3-7-15(12)8-10-9-18-13-6-2-1-4-11(10)13/h1-2,4,6,10,12H,3,5,7-9H2,(H,16,17). The molecule has 2 atom stereocenters. The van der Waals surface area contributed by atoms with Gasteiger partial charge in [0.1, 0.15) is 11.8 Å². The van der Waals surface area contributed by atoms with E-state index in [-0.39, 0.29) is 6.04 Å². The minimum Gasteiger partial charge on any atom is -0.493 e. The van der Waals surface area contributed by atoms with E-state index >= 15 is 0 Å². The first-order valence-electron chi connectivity index (χ1n) is 6.44. The van der Waals surface area contributed by atoms with Gasteiger partial charge in [-0.15, -0.1) is 0 Å². The number of para-hydroxylation sites is 1. The van der Waals surface area contributed by atoms with Gasteiger partial charge in [0.25, 0.3) is 0 Å². The number of benzene rings is 1. The van der Waals surface area contributed by atoms with E-state index in [2.05, 4.69) is 11.0 Å². The van der Waals surface area contributed by atoms with Gasteiger partial charge in [0.05, 0.1) is 6.61 Å². The van der Waals surface area contributed by atoms with Gasteiger partial charge in [-0.1, -0.05) is 18.2 Å². The summed E-state index contributed by atoms with van der Waals surface area (Å²) in [6.45, 7) is 2.34. The first-order valence-corrected chi connectivity index (χ1v) is 6.44. The summed E-state index contributed by atoms with van der Waals surface area (Å²) in [5.74, 6) is 0.564. The zero-order valence-corrected chi connectivity index (χ0v) is 10.2. The van der Waals surface area contributed by atoms with E-state index in [1.807, 2.05) is 18.2 Å². The van der Waals surface area contributed by atoms with Crippen LogP contribution < -0.4 is 4.74 Å². The Morgan fingerprint density at radius 1 is 1.44 bits per heavy atom. The maximum absolute atomic E-state index is 11.2. The van der Waals surface area contributed by atoms with Crippen LogP contribution in [0.5, 0.6) is 5.75 Å². The number of hydrogen-bond acceptors (Lipinski definition) is 3. The van der Waals surface area contributed by atoms with E-state index < -0.39 is 5.97 Å². The lowest BCUT2D eigenvalue weighted by Gasteiger charge is -2.23. The molecule has 0 bridgehead atoms. The summed E-state index contributed by atoms with van der Waals surface area (Å²) in [5, 5.41) is 9.18. The van der Waals surface area contributed by atoms with Crippen molar-refractivity contribution in [2.75, 3.05) is 19.7 Å². The molecule has 2 heterocycles. The Balaban J connectivity index is 1.73. The van der Waals surface area contributed by atoms with Crippen LogP contribution in [-0.4, -0.2) is 41.7 Å². The van der Waals surface area contributed by atoms with E-state index in [0.29, 0.717) is 12.5 Å². The molecule has 4 heteroatoms. The van der Waals surface area contributed by atoms with Gasteiger partial charge < -0.3 is 9.84 Å². The van der Waals surface area contributed by atoms with Gasteiger partial charge in [-0.05, 0) is 25.5 Å². The molecule has 1 aromatic rings. The van der Waals surface area contributed by atoms with E-state index in [0.717, 1.165) is 31.7 Å². The highest BCUT2D eigenvalue weighted by Gasteiger charge is 2.34. The zero-order chi connectivity index (χ0) is 12.5. The number of fused-ring (bicyclic) bond motifs is 1. The van der Waals surface area contributed by atoms with Crippen LogP contribution in [0.15, 0.2) is 24.3 Å². The van der Waals surface area contributed by atoms with E-state index in [1.165, 1.54) is 5.56 Å². The number of aliphatic carboxylic acids is 1. The van der Waals surface area contributed by atoms with Crippen LogP contribution in [0.2, 0.25) is 0 Å². The normalized spacial score (nSPS) is 26.9. The minimum atomic E-state index is -0.695. The third-order valence-corrected chi connectivity index (χ3v) is 3.90. The minimum absolute atomic E-state index is 0.307. The second-order valence-electron chi connectivity index (χ2n) is 5.04. The van der Waals surface area contributed by atoms with Crippen LogP contribution in [0, 0.1) is 0 Å². The Kier molecular flexibility index (Phi) is 2.96. The summed E-state index contributed by atoms with van der Waals surface area (Å²) in [4.78, 5) is 13.2. The summed E-state index contributed by atoms with van der Waals surface area (Å²) >= 11 is 0. The number of likely N-dealkylation sites (tertiary alicyclic amines) is 1. The number of carboxylic acid groups (broad SMARTS) is 1. The first kappa shape index (κ1) is 11.5. The molecule has 3 rings (SSSR count). The van der Waals surface area contributed by atoms with Crippen molar-refractivity contribution in [1.29, 1.82) is 0 Å². The lowest BCUT2D eigenvalue weighted by atomic mass is 10.0. The third-order valence-electron chi connectivity index (χ3n) is 3.90. The predicted octanol–water partition coefficient (Wildman–Crippen LogP) is 1.71. The molecule has 2 aliphatic heterocycles. The Labute approximate surface area is 106 Å². The van der Waals surface area contributed by atoms with Crippen molar-refractivity contribution in [2.45, 2.75) is 24.8 Å². The molecule has 1 saturated heterocycles. The second kappa shape index (κ2) is 4.61. The molecule has 0 aromatic heterocycles. The van der Waals surface area contributed by atoms with Gasteiger partial charge >= 0.3 is 5.97 Å². The second-order valence-corrected chi connectivity index (χ2v) is 5.04. The summed E-state index contributed by atoms with van der Waals surface area (Å²) < 4.78 is 5.64. The number of carbonyl (C=O) groups is 1. The molecule has 0 amide bonds. The predicted molar refractivity (Wildman–Crippen MR) is 66.9 cm³/mol. The molecule has 1 fully saturated rings. The van der Waals surface area contributed by atoms with Gasteiger partial charge in [0, 0.05) is 18.0 Å². The van der Waals surface area contributed by atoms with Crippen LogP contribution >= 0.6 is 0 Å². The molecule has 2 aliphatic rings. The largest absolute Gasteiger partial charge is 0.493 e. The Morgan fingerprint density at radius 3 is 3.11 bits per heavy atom. The van der Waals surface area contributed by atoms with Gasteiger partial charge in [-0.2, -0.15) is 0 Å². The van der Waals surface area contributed by atoms with Crippen LogP contribution in [-0.2, 0) is 4.79 Å².